The lowest BCUT2D eigenvalue weighted by molar-refractivity contribution is 0.0214. The number of ether oxygens (including phenoxy) is 1. The fourth-order valence-corrected chi connectivity index (χ4v) is 3.79. The van der Waals surface area contributed by atoms with Crippen LogP contribution in [0.5, 0.6) is 0 Å². The van der Waals surface area contributed by atoms with Crippen LogP contribution in [0.15, 0.2) is 24.3 Å². The van der Waals surface area contributed by atoms with Crippen molar-refractivity contribution < 1.29 is 19.4 Å². The van der Waals surface area contributed by atoms with Gasteiger partial charge in [0.1, 0.15) is 16.3 Å². The molecule has 1 amide bonds. The molecule has 1 N–H and O–H groups in total. The third-order valence-corrected chi connectivity index (χ3v) is 4.91. The van der Waals surface area contributed by atoms with Crippen molar-refractivity contribution in [1.82, 2.24) is 9.47 Å². The van der Waals surface area contributed by atoms with E-state index >= 15 is 0 Å². The van der Waals surface area contributed by atoms with Gasteiger partial charge < -0.3 is 19.3 Å². The first kappa shape index (κ1) is 18.6. The van der Waals surface area contributed by atoms with Gasteiger partial charge in [0, 0.05) is 18.5 Å². The van der Waals surface area contributed by atoms with Gasteiger partial charge in [-0.2, -0.15) is 0 Å². The molecule has 7 heteroatoms. The summed E-state index contributed by atoms with van der Waals surface area (Å²) in [6.07, 6.45) is 1.36. The number of aromatic nitrogens is 1. The molecule has 3 rings (SSSR count). The van der Waals surface area contributed by atoms with E-state index in [0.29, 0.717) is 18.5 Å². The summed E-state index contributed by atoms with van der Waals surface area (Å²) in [5.74, 6) is -1.06. The van der Waals surface area contributed by atoms with Crippen LogP contribution in [0, 0.1) is 0 Å². The number of amides is 1. The normalized spacial score (nSPS) is 17.7. The quantitative estimate of drug-likeness (QED) is 0.859. The van der Waals surface area contributed by atoms with Crippen molar-refractivity contribution in [3.8, 4) is 0 Å². The number of carbonyl (C=O) groups is 2. The van der Waals surface area contributed by atoms with Gasteiger partial charge >= 0.3 is 12.1 Å². The molecule has 0 aliphatic carbocycles. The predicted molar refractivity (Wildman–Crippen MR) is 99.9 cm³/mol. The van der Waals surface area contributed by atoms with E-state index in [9.17, 15) is 14.7 Å². The maximum Gasteiger partial charge on any atom is 0.410 e. The van der Waals surface area contributed by atoms with Gasteiger partial charge in [-0.15, -0.1) is 0 Å². The van der Waals surface area contributed by atoms with Crippen LogP contribution >= 0.6 is 11.6 Å². The van der Waals surface area contributed by atoms with Crippen molar-refractivity contribution in [3.05, 3.63) is 35.0 Å². The predicted octanol–water partition coefficient (Wildman–Crippen LogP) is 4.39. The van der Waals surface area contributed by atoms with Crippen LogP contribution in [0.2, 0.25) is 5.15 Å². The number of rotatable bonds is 3. The number of hydrogen-bond donors (Lipinski definition) is 1. The van der Waals surface area contributed by atoms with Gasteiger partial charge in [-0.1, -0.05) is 29.8 Å². The van der Waals surface area contributed by atoms with E-state index in [2.05, 4.69) is 0 Å². The Kier molecular flexibility index (Phi) is 4.88. The zero-order valence-electron chi connectivity index (χ0n) is 15.2. The molecule has 0 unspecified atom stereocenters. The second-order valence-electron chi connectivity index (χ2n) is 7.57. The summed E-state index contributed by atoms with van der Waals surface area (Å²) in [5.41, 5.74) is 0.299. The molecule has 6 nitrogen and oxygen atoms in total. The Labute approximate surface area is 157 Å². The average molecular weight is 379 g/mol. The first-order valence-corrected chi connectivity index (χ1v) is 9.06. The molecule has 1 aromatic carbocycles. The van der Waals surface area contributed by atoms with Crippen molar-refractivity contribution in [3.63, 3.8) is 0 Å². The summed E-state index contributed by atoms with van der Waals surface area (Å²) in [6, 6.07) is 7.15. The van der Waals surface area contributed by atoms with E-state index in [1.165, 1.54) is 0 Å². The zero-order chi connectivity index (χ0) is 19.1. The molecule has 2 aromatic rings. The second kappa shape index (κ2) is 6.83. The van der Waals surface area contributed by atoms with Gasteiger partial charge in [0.15, 0.2) is 0 Å². The van der Waals surface area contributed by atoms with Crippen LogP contribution in [0.3, 0.4) is 0 Å². The van der Waals surface area contributed by atoms with Gasteiger partial charge in [0.2, 0.25) is 0 Å². The number of carbonyl (C=O) groups excluding carboxylic acids is 1. The van der Waals surface area contributed by atoms with E-state index in [1.54, 1.807) is 21.6 Å². The van der Waals surface area contributed by atoms with Crippen LogP contribution in [-0.4, -0.2) is 44.8 Å². The summed E-state index contributed by atoms with van der Waals surface area (Å²) in [6.45, 7) is 6.58. The lowest BCUT2D eigenvalue weighted by Crippen LogP contribution is -2.41. The van der Waals surface area contributed by atoms with Crippen molar-refractivity contribution >= 4 is 34.6 Å². The first-order valence-electron chi connectivity index (χ1n) is 8.68. The number of benzene rings is 1. The number of carboxylic acids is 1. The Balaban J connectivity index is 1.92. The SMILES string of the molecule is CC(C)(C)OC(=O)N1CCC[C@H]1Cn1c(Cl)c(C(=O)O)c2ccccc21. The topological polar surface area (TPSA) is 71.8 Å². The maximum atomic E-state index is 12.5. The molecular weight excluding hydrogens is 356 g/mol. The molecule has 2 heterocycles. The molecule has 1 aliphatic rings. The highest BCUT2D eigenvalue weighted by Gasteiger charge is 2.33. The van der Waals surface area contributed by atoms with E-state index in [1.807, 2.05) is 32.9 Å². The minimum absolute atomic E-state index is 0.0835. The number of fused-ring (bicyclic) bond motifs is 1. The smallest absolute Gasteiger partial charge is 0.410 e. The van der Waals surface area contributed by atoms with E-state index in [0.717, 1.165) is 18.4 Å². The van der Waals surface area contributed by atoms with Crippen molar-refractivity contribution in [2.24, 2.45) is 0 Å². The second-order valence-corrected chi connectivity index (χ2v) is 7.93. The molecule has 1 fully saturated rings. The largest absolute Gasteiger partial charge is 0.478 e. The summed E-state index contributed by atoms with van der Waals surface area (Å²) in [4.78, 5) is 25.8. The molecule has 1 aromatic heterocycles. The summed E-state index contributed by atoms with van der Waals surface area (Å²) < 4.78 is 7.29. The first-order chi connectivity index (χ1) is 12.2. The maximum absolute atomic E-state index is 12.5. The molecule has 1 atom stereocenters. The Morgan fingerprint density at radius 2 is 2.00 bits per heavy atom. The van der Waals surface area contributed by atoms with Gasteiger partial charge in [-0.05, 0) is 39.7 Å². The lowest BCUT2D eigenvalue weighted by atomic mass is 10.2. The van der Waals surface area contributed by atoms with Crippen molar-refractivity contribution in [2.75, 3.05) is 6.54 Å². The Hall–Kier alpha value is -2.21. The molecule has 0 saturated carbocycles. The van der Waals surface area contributed by atoms with Gasteiger partial charge in [0.25, 0.3) is 0 Å². The lowest BCUT2D eigenvalue weighted by Gasteiger charge is -2.29. The molecule has 140 valence electrons. The Morgan fingerprint density at radius 1 is 1.31 bits per heavy atom. The molecule has 0 spiro atoms. The number of hydrogen-bond acceptors (Lipinski definition) is 3. The van der Waals surface area contributed by atoms with E-state index < -0.39 is 11.6 Å². The standard InChI is InChI=1S/C19H23ClN2O4/c1-19(2,3)26-18(25)21-10-6-7-12(21)11-22-14-9-5-4-8-13(14)15(16(22)20)17(23)24/h4-5,8-9,12H,6-7,10-11H2,1-3H3,(H,23,24)/t12-/m0/s1. The monoisotopic (exact) mass is 378 g/mol. The summed E-state index contributed by atoms with van der Waals surface area (Å²) in [7, 11) is 0. The number of nitrogens with zero attached hydrogens (tertiary/aromatic N) is 2. The number of aromatic carboxylic acids is 1. The highest BCUT2D eigenvalue weighted by atomic mass is 35.5. The molecule has 26 heavy (non-hydrogen) atoms. The molecule has 1 saturated heterocycles. The third-order valence-electron chi connectivity index (χ3n) is 4.52. The van der Waals surface area contributed by atoms with Crippen molar-refractivity contribution in [2.45, 2.75) is 51.8 Å². The van der Waals surface area contributed by atoms with Crippen LogP contribution in [0.25, 0.3) is 10.9 Å². The number of para-hydroxylation sites is 1. The fourth-order valence-electron chi connectivity index (χ4n) is 3.45. The third kappa shape index (κ3) is 3.51. The molecule has 1 aliphatic heterocycles. The van der Waals surface area contributed by atoms with Crippen LogP contribution < -0.4 is 0 Å². The number of likely N-dealkylation sites (tertiary alicyclic amines) is 1. The minimum atomic E-state index is -1.06. The zero-order valence-corrected chi connectivity index (χ0v) is 15.9. The fraction of sp³-hybridized carbons (Fsp3) is 0.474. The van der Waals surface area contributed by atoms with E-state index in [-0.39, 0.29) is 22.9 Å². The highest BCUT2D eigenvalue weighted by molar-refractivity contribution is 6.35. The van der Waals surface area contributed by atoms with Gasteiger partial charge in [-0.3, -0.25) is 0 Å². The molecule has 0 bridgehead atoms. The minimum Gasteiger partial charge on any atom is -0.478 e. The highest BCUT2D eigenvalue weighted by Crippen LogP contribution is 2.32. The summed E-state index contributed by atoms with van der Waals surface area (Å²) in [5, 5.41) is 10.3. The number of carboxylic acid groups (broad SMARTS) is 1. The summed E-state index contributed by atoms with van der Waals surface area (Å²) >= 11 is 6.41. The average Bonchev–Trinajstić information content (AvgIpc) is 3.09. The Morgan fingerprint density at radius 3 is 2.65 bits per heavy atom. The van der Waals surface area contributed by atoms with Gasteiger partial charge in [-0.25, -0.2) is 9.59 Å². The Bertz CT molecular complexity index is 853. The number of halogens is 1. The van der Waals surface area contributed by atoms with Crippen LogP contribution in [0.1, 0.15) is 44.0 Å². The van der Waals surface area contributed by atoms with Crippen LogP contribution in [0.4, 0.5) is 4.79 Å². The van der Waals surface area contributed by atoms with Gasteiger partial charge in [0.05, 0.1) is 11.6 Å². The molecule has 0 radical (unpaired) electrons. The van der Waals surface area contributed by atoms with E-state index in [4.69, 9.17) is 16.3 Å². The van der Waals surface area contributed by atoms with Crippen LogP contribution in [-0.2, 0) is 11.3 Å². The van der Waals surface area contributed by atoms with Crippen molar-refractivity contribution in [1.29, 1.82) is 0 Å². The molecular formula is C19H23ClN2O4.